The Bertz CT molecular complexity index is 1360. The molecule has 0 saturated carbocycles. The van der Waals surface area contributed by atoms with Gasteiger partial charge in [0.1, 0.15) is 5.82 Å². The standard InChI is InChI=1S/C25H19ClFN3O4/c1-30-21-6-4-16(24(32)29-13-15-7-8-28-22(11-15)34-2)12-17(21)23(31)18(25(30)33)9-14-3-5-19(26)20(27)10-14/h3-12H,13H2,1-2H3,(H,29,32). The van der Waals surface area contributed by atoms with E-state index in [0.717, 1.165) is 11.6 Å². The molecule has 0 unspecified atom stereocenters. The molecule has 172 valence electrons. The minimum Gasteiger partial charge on any atom is -0.481 e. The van der Waals surface area contributed by atoms with E-state index >= 15 is 0 Å². The summed E-state index contributed by atoms with van der Waals surface area (Å²) >= 11 is 5.71. The molecule has 3 aromatic rings. The number of carbonyl (C=O) groups is 3. The summed E-state index contributed by atoms with van der Waals surface area (Å²) < 4.78 is 18.9. The van der Waals surface area contributed by atoms with Gasteiger partial charge in [0.25, 0.3) is 11.8 Å². The van der Waals surface area contributed by atoms with Crippen molar-refractivity contribution in [1.82, 2.24) is 10.3 Å². The number of ketones is 1. The smallest absolute Gasteiger partial charge is 0.262 e. The zero-order chi connectivity index (χ0) is 24.4. The highest BCUT2D eigenvalue weighted by molar-refractivity contribution is 6.36. The number of carbonyl (C=O) groups excluding carboxylic acids is 3. The summed E-state index contributed by atoms with van der Waals surface area (Å²) in [6, 6.07) is 12.0. The molecule has 0 radical (unpaired) electrons. The van der Waals surface area contributed by atoms with Crippen LogP contribution in [0.25, 0.3) is 6.08 Å². The molecular formula is C25H19ClFN3O4. The second-order valence-electron chi connectivity index (χ2n) is 7.55. The van der Waals surface area contributed by atoms with Gasteiger partial charge in [-0.25, -0.2) is 9.37 Å². The number of aromatic nitrogens is 1. The summed E-state index contributed by atoms with van der Waals surface area (Å²) in [7, 11) is 3.03. The van der Waals surface area contributed by atoms with Crippen molar-refractivity contribution >= 4 is 41.0 Å². The maximum absolute atomic E-state index is 13.8. The number of halogens is 2. The van der Waals surface area contributed by atoms with Crippen molar-refractivity contribution in [1.29, 1.82) is 0 Å². The maximum atomic E-state index is 13.8. The first-order valence-corrected chi connectivity index (χ1v) is 10.6. The Morgan fingerprint density at radius 1 is 1.18 bits per heavy atom. The molecule has 0 atom stereocenters. The highest BCUT2D eigenvalue weighted by atomic mass is 35.5. The van der Waals surface area contributed by atoms with E-state index in [9.17, 15) is 18.8 Å². The Labute approximate surface area is 199 Å². The number of hydrogen-bond donors (Lipinski definition) is 1. The number of nitrogens with zero attached hydrogens (tertiary/aromatic N) is 2. The third-order valence-electron chi connectivity index (χ3n) is 5.36. The van der Waals surface area contributed by atoms with Crippen molar-refractivity contribution in [3.05, 3.63) is 93.4 Å². The van der Waals surface area contributed by atoms with Gasteiger partial charge in [0.15, 0.2) is 0 Å². The first-order chi connectivity index (χ1) is 16.3. The van der Waals surface area contributed by atoms with Crippen LogP contribution < -0.4 is 15.0 Å². The number of benzene rings is 2. The van der Waals surface area contributed by atoms with Gasteiger partial charge in [-0.1, -0.05) is 17.7 Å². The summed E-state index contributed by atoms with van der Waals surface area (Å²) in [5.41, 5.74) is 1.80. The largest absolute Gasteiger partial charge is 0.481 e. The molecule has 1 aromatic heterocycles. The van der Waals surface area contributed by atoms with Crippen molar-refractivity contribution in [2.24, 2.45) is 0 Å². The summed E-state index contributed by atoms with van der Waals surface area (Å²) in [4.78, 5) is 44.0. The van der Waals surface area contributed by atoms with Gasteiger partial charge in [0, 0.05) is 37.0 Å². The number of pyridine rings is 1. The lowest BCUT2D eigenvalue weighted by molar-refractivity contribution is -0.114. The molecule has 0 aliphatic carbocycles. The molecular weight excluding hydrogens is 461 g/mol. The highest BCUT2D eigenvalue weighted by Crippen LogP contribution is 2.31. The van der Waals surface area contributed by atoms with Crippen molar-refractivity contribution in [3.8, 4) is 5.88 Å². The van der Waals surface area contributed by atoms with E-state index in [4.69, 9.17) is 16.3 Å². The number of nitrogens with one attached hydrogen (secondary N) is 1. The predicted molar refractivity (Wildman–Crippen MR) is 126 cm³/mol. The Morgan fingerprint density at radius 3 is 2.71 bits per heavy atom. The van der Waals surface area contributed by atoms with Gasteiger partial charge in [-0.05, 0) is 53.6 Å². The van der Waals surface area contributed by atoms with Crippen molar-refractivity contribution in [2.75, 3.05) is 19.1 Å². The van der Waals surface area contributed by atoms with E-state index in [0.29, 0.717) is 17.1 Å². The molecule has 1 aliphatic heterocycles. The lowest BCUT2D eigenvalue weighted by Crippen LogP contribution is -2.37. The van der Waals surface area contributed by atoms with E-state index < -0.39 is 23.4 Å². The van der Waals surface area contributed by atoms with Crippen LogP contribution in [0.15, 0.2) is 60.3 Å². The van der Waals surface area contributed by atoms with E-state index in [1.165, 1.54) is 43.3 Å². The van der Waals surface area contributed by atoms with Crippen LogP contribution in [0, 0.1) is 5.82 Å². The summed E-state index contributed by atoms with van der Waals surface area (Å²) in [5.74, 6) is -1.71. The number of likely N-dealkylation sites (N-methyl/N-ethyl adjacent to an activating group) is 1. The fraction of sp³-hybridized carbons (Fsp3) is 0.120. The third kappa shape index (κ3) is 4.53. The zero-order valence-electron chi connectivity index (χ0n) is 18.3. The molecule has 0 spiro atoms. The van der Waals surface area contributed by atoms with Crippen LogP contribution in [-0.2, 0) is 11.3 Å². The lowest BCUT2D eigenvalue weighted by Gasteiger charge is -2.27. The molecule has 9 heteroatoms. The van der Waals surface area contributed by atoms with Crippen molar-refractivity contribution in [2.45, 2.75) is 6.54 Å². The number of methoxy groups -OCH3 is 1. The van der Waals surface area contributed by atoms with Gasteiger partial charge < -0.3 is 15.0 Å². The Hall–Kier alpha value is -4.04. The average molecular weight is 480 g/mol. The molecule has 2 heterocycles. The lowest BCUT2D eigenvalue weighted by atomic mass is 9.92. The molecule has 2 amide bonds. The van der Waals surface area contributed by atoms with Crippen LogP contribution in [0.3, 0.4) is 0 Å². The fourth-order valence-electron chi connectivity index (χ4n) is 3.54. The van der Waals surface area contributed by atoms with Gasteiger partial charge in [-0.3, -0.25) is 14.4 Å². The number of ether oxygens (including phenoxy) is 1. The van der Waals surface area contributed by atoms with Crippen LogP contribution in [-0.4, -0.2) is 36.7 Å². The minimum atomic E-state index is -0.661. The van der Waals surface area contributed by atoms with Crippen LogP contribution in [0.1, 0.15) is 31.8 Å². The van der Waals surface area contributed by atoms with Crippen LogP contribution in [0.4, 0.5) is 10.1 Å². The maximum Gasteiger partial charge on any atom is 0.262 e. The van der Waals surface area contributed by atoms with Gasteiger partial charge in [-0.15, -0.1) is 0 Å². The van der Waals surface area contributed by atoms with Gasteiger partial charge in [0.2, 0.25) is 11.7 Å². The number of amides is 2. The van der Waals surface area contributed by atoms with Crippen molar-refractivity contribution in [3.63, 3.8) is 0 Å². The molecule has 0 bridgehead atoms. The summed E-state index contributed by atoms with van der Waals surface area (Å²) in [6.07, 6.45) is 2.89. The summed E-state index contributed by atoms with van der Waals surface area (Å²) in [6.45, 7) is 0.231. The molecule has 0 fully saturated rings. The van der Waals surface area contributed by atoms with Crippen LogP contribution in [0.2, 0.25) is 5.02 Å². The van der Waals surface area contributed by atoms with E-state index in [2.05, 4.69) is 10.3 Å². The third-order valence-corrected chi connectivity index (χ3v) is 5.67. The normalized spacial score (nSPS) is 14.2. The second kappa shape index (κ2) is 9.44. The summed E-state index contributed by atoms with van der Waals surface area (Å²) in [5, 5.41) is 2.72. The SMILES string of the molecule is COc1cc(CNC(=O)c2ccc3c(c2)C(=O)C(=Cc2ccc(Cl)c(F)c2)C(=O)N3C)ccn1. The first-order valence-electron chi connectivity index (χ1n) is 10.2. The topological polar surface area (TPSA) is 88.6 Å². The van der Waals surface area contributed by atoms with Crippen LogP contribution in [0.5, 0.6) is 5.88 Å². The monoisotopic (exact) mass is 479 g/mol. The van der Waals surface area contributed by atoms with Gasteiger partial charge >= 0.3 is 0 Å². The minimum absolute atomic E-state index is 0.0632. The molecule has 2 aromatic carbocycles. The average Bonchev–Trinajstić information content (AvgIpc) is 2.85. The zero-order valence-corrected chi connectivity index (χ0v) is 19.0. The number of Topliss-reactive ketones (excluding diaryl/α,β-unsaturated/α-hetero) is 1. The fourth-order valence-corrected chi connectivity index (χ4v) is 3.65. The second-order valence-corrected chi connectivity index (χ2v) is 7.95. The number of hydrogen-bond acceptors (Lipinski definition) is 5. The van der Waals surface area contributed by atoms with Gasteiger partial charge in [0.05, 0.1) is 23.4 Å². The molecule has 1 aliphatic rings. The highest BCUT2D eigenvalue weighted by Gasteiger charge is 2.33. The Morgan fingerprint density at radius 2 is 1.97 bits per heavy atom. The number of rotatable bonds is 5. The Kier molecular flexibility index (Phi) is 6.43. The van der Waals surface area contributed by atoms with E-state index in [1.54, 1.807) is 30.5 Å². The van der Waals surface area contributed by atoms with Gasteiger partial charge in [-0.2, -0.15) is 0 Å². The first kappa shape index (κ1) is 23.1. The number of fused-ring (bicyclic) bond motifs is 1. The molecule has 7 nitrogen and oxygen atoms in total. The van der Waals surface area contributed by atoms with Crippen molar-refractivity contribution < 1.29 is 23.5 Å². The van der Waals surface area contributed by atoms with Crippen LogP contribution >= 0.6 is 11.6 Å². The van der Waals surface area contributed by atoms with E-state index in [-0.39, 0.29) is 28.3 Å². The Balaban J connectivity index is 1.61. The molecule has 1 N–H and O–H groups in total. The predicted octanol–water partition coefficient (Wildman–Crippen LogP) is 4.06. The quantitative estimate of drug-likeness (QED) is 0.440. The molecule has 0 saturated heterocycles. The van der Waals surface area contributed by atoms with E-state index in [1.807, 2.05) is 0 Å². The molecule has 4 rings (SSSR count). The number of anilines is 1. The molecule has 34 heavy (non-hydrogen) atoms.